The molecule has 1 unspecified atom stereocenters. The molecular weight excluding hydrogens is 339 g/mol. The molecule has 1 aliphatic heterocycles. The summed E-state index contributed by atoms with van der Waals surface area (Å²) in [5.74, 6) is 0.0692. The van der Waals surface area contributed by atoms with Crippen LogP contribution in [0.2, 0.25) is 10.0 Å². The van der Waals surface area contributed by atoms with E-state index in [0.29, 0.717) is 16.5 Å². The predicted molar refractivity (Wildman–Crippen MR) is 90.2 cm³/mol. The van der Waals surface area contributed by atoms with E-state index >= 15 is 0 Å². The summed E-state index contributed by atoms with van der Waals surface area (Å²) in [6, 6.07) is 13.2. The third-order valence-corrected chi connectivity index (χ3v) is 5.56. The van der Waals surface area contributed by atoms with Gasteiger partial charge in [0.1, 0.15) is 0 Å². The van der Waals surface area contributed by atoms with Crippen molar-refractivity contribution >= 4 is 51.9 Å². The first kappa shape index (κ1) is 14.1. The molecule has 1 atom stereocenters. The molecule has 0 bridgehead atoms. The SMILES string of the molecule is O=C1C(Cc2ccc(Cl)c(Cl)c2)Sc2nc3ccccc3n21. The first-order chi connectivity index (χ1) is 10.6. The van der Waals surface area contributed by atoms with Crippen LogP contribution in [0, 0.1) is 0 Å². The number of fused-ring (bicyclic) bond motifs is 3. The Morgan fingerprint density at radius 1 is 1.14 bits per heavy atom. The summed E-state index contributed by atoms with van der Waals surface area (Å²) in [4.78, 5) is 17.2. The Kier molecular flexibility index (Phi) is 3.40. The zero-order valence-electron chi connectivity index (χ0n) is 11.3. The number of hydrogen-bond donors (Lipinski definition) is 0. The van der Waals surface area contributed by atoms with Crippen molar-refractivity contribution in [3.8, 4) is 0 Å². The molecule has 0 N–H and O–H groups in total. The van der Waals surface area contributed by atoms with Crippen molar-refractivity contribution in [3.05, 3.63) is 58.1 Å². The normalized spacial score (nSPS) is 17.2. The fourth-order valence-corrected chi connectivity index (χ4v) is 4.13. The molecule has 3 nitrogen and oxygen atoms in total. The van der Waals surface area contributed by atoms with Gasteiger partial charge in [0.2, 0.25) is 5.91 Å². The molecule has 0 aliphatic carbocycles. The lowest BCUT2D eigenvalue weighted by molar-refractivity contribution is 0.0914. The van der Waals surface area contributed by atoms with Crippen LogP contribution in [-0.2, 0) is 6.42 Å². The van der Waals surface area contributed by atoms with Gasteiger partial charge in [-0.2, -0.15) is 0 Å². The van der Waals surface area contributed by atoms with Crippen molar-refractivity contribution in [1.82, 2.24) is 9.55 Å². The minimum atomic E-state index is -0.177. The monoisotopic (exact) mass is 348 g/mol. The third-order valence-electron chi connectivity index (χ3n) is 3.68. The van der Waals surface area contributed by atoms with Crippen LogP contribution in [0.15, 0.2) is 47.6 Å². The van der Waals surface area contributed by atoms with Gasteiger partial charge in [0.05, 0.1) is 26.3 Å². The molecule has 0 radical (unpaired) electrons. The zero-order chi connectivity index (χ0) is 15.3. The topological polar surface area (TPSA) is 34.9 Å². The maximum Gasteiger partial charge on any atom is 0.247 e. The average molecular weight is 349 g/mol. The number of imidazole rings is 1. The van der Waals surface area contributed by atoms with E-state index in [1.54, 1.807) is 10.6 Å². The summed E-state index contributed by atoms with van der Waals surface area (Å²) >= 11 is 13.5. The van der Waals surface area contributed by atoms with Gasteiger partial charge in [0.25, 0.3) is 0 Å². The Labute approximate surface area is 141 Å². The summed E-state index contributed by atoms with van der Waals surface area (Å²) in [6.45, 7) is 0. The Morgan fingerprint density at radius 3 is 2.77 bits per heavy atom. The van der Waals surface area contributed by atoms with Gasteiger partial charge >= 0.3 is 0 Å². The van der Waals surface area contributed by atoms with E-state index in [2.05, 4.69) is 4.98 Å². The zero-order valence-corrected chi connectivity index (χ0v) is 13.6. The quantitative estimate of drug-likeness (QED) is 0.673. The second kappa shape index (κ2) is 5.30. The number of nitrogens with zero attached hydrogens (tertiary/aromatic N) is 2. The van der Waals surface area contributed by atoms with E-state index in [1.807, 2.05) is 36.4 Å². The lowest BCUT2D eigenvalue weighted by atomic mass is 10.1. The number of para-hydroxylation sites is 2. The second-order valence-electron chi connectivity index (χ2n) is 5.12. The molecular formula is C16H10Cl2N2OS. The molecule has 3 aromatic rings. The largest absolute Gasteiger partial charge is 0.273 e. The minimum Gasteiger partial charge on any atom is -0.273 e. The van der Waals surface area contributed by atoms with E-state index in [0.717, 1.165) is 21.8 Å². The summed E-state index contributed by atoms with van der Waals surface area (Å²) in [7, 11) is 0. The third kappa shape index (κ3) is 2.22. The highest BCUT2D eigenvalue weighted by Crippen LogP contribution is 2.37. The van der Waals surface area contributed by atoms with Gasteiger partial charge in [-0.1, -0.05) is 53.2 Å². The number of hydrogen-bond acceptors (Lipinski definition) is 3. The van der Waals surface area contributed by atoms with Crippen LogP contribution < -0.4 is 0 Å². The van der Waals surface area contributed by atoms with Gasteiger partial charge in [0, 0.05) is 0 Å². The summed E-state index contributed by atoms with van der Waals surface area (Å²) in [5.41, 5.74) is 2.72. The molecule has 110 valence electrons. The lowest BCUT2D eigenvalue weighted by Crippen LogP contribution is -2.19. The van der Waals surface area contributed by atoms with Crippen LogP contribution in [0.5, 0.6) is 0 Å². The fourth-order valence-electron chi connectivity index (χ4n) is 2.63. The van der Waals surface area contributed by atoms with Gasteiger partial charge < -0.3 is 0 Å². The minimum absolute atomic E-state index is 0.0692. The number of benzene rings is 2. The highest BCUT2D eigenvalue weighted by molar-refractivity contribution is 8.00. The van der Waals surface area contributed by atoms with Gasteiger partial charge in [-0.25, -0.2) is 4.98 Å². The Hall–Kier alpha value is -1.49. The summed E-state index contributed by atoms with van der Waals surface area (Å²) < 4.78 is 1.71. The number of halogens is 2. The van der Waals surface area contributed by atoms with Crippen molar-refractivity contribution < 1.29 is 4.79 Å². The molecule has 0 spiro atoms. The molecule has 2 heterocycles. The number of carbonyl (C=O) groups is 1. The molecule has 0 saturated carbocycles. The van der Waals surface area contributed by atoms with Crippen LogP contribution in [0.25, 0.3) is 11.0 Å². The van der Waals surface area contributed by atoms with E-state index in [-0.39, 0.29) is 11.2 Å². The molecule has 0 fully saturated rings. The van der Waals surface area contributed by atoms with Crippen LogP contribution in [0.3, 0.4) is 0 Å². The lowest BCUT2D eigenvalue weighted by Gasteiger charge is -2.08. The van der Waals surface area contributed by atoms with E-state index in [4.69, 9.17) is 23.2 Å². The molecule has 4 rings (SSSR count). The molecule has 1 aliphatic rings. The molecule has 2 aromatic carbocycles. The summed E-state index contributed by atoms with van der Waals surface area (Å²) in [5, 5.41) is 1.62. The first-order valence-corrected chi connectivity index (χ1v) is 8.39. The van der Waals surface area contributed by atoms with Crippen molar-refractivity contribution in [2.24, 2.45) is 0 Å². The molecule has 22 heavy (non-hydrogen) atoms. The predicted octanol–water partition coefficient (Wildman–Crippen LogP) is 4.70. The smallest absolute Gasteiger partial charge is 0.247 e. The van der Waals surface area contributed by atoms with Crippen molar-refractivity contribution in [2.75, 3.05) is 0 Å². The Balaban J connectivity index is 1.65. The fraction of sp³-hybridized carbons (Fsp3) is 0.125. The highest BCUT2D eigenvalue weighted by Gasteiger charge is 2.34. The van der Waals surface area contributed by atoms with E-state index in [9.17, 15) is 4.79 Å². The number of thioether (sulfide) groups is 1. The number of aromatic nitrogens is 2. The van der Waals surface area contributed by atoms with Crippen molar-refractivity contribution in [1.29, 1.82) is 0 Å². The average Bonchev–Trinajstić information content (AvgIpc) is 3.00. The van der Waals surface area contributed by atoms with Crippen molar-refractivity contribution in [3.63, 3.8) is 0 Å². The van der Waals surface area contributed by atoms with Crippen LogP contribution in [0.1, 0.15) is 10.4 Å². The van der Waals surface area contributed by atoms with Crippen LogP contribution >= 0.6 is 35.0 Å². The molecule has 1 aromatic heterocycles. The molecule has 0 amide bonds. The molecule has 6 heteroatoms. The number of rotatable bonds is 2. The van der Waals surface area contributed by atoms with Crippen LogP contribution in [0.4, 0.5) is 0 Å². The molecule has 0 saturated heterocycles. The van der Waals surface area contributed by atoms with Gasteiger partial charge in [-0.3, -0.25) is 9.36 Å². The summed E-state index contributed by atoms with van der Waals surface area (Å²) in [6.07, 6.45) is 0.609. The maximum atomic E-state index is 12.7. The van der Waals surface area contributed by atoms with Crippen molar-refractivity contribution in [2.45, 2.75) is 16.8 Å². The van der Waals surface area contributed by atoms with Gasteiger partial charge in [-0.15, -0.1) is 0 Å². The van der Waals surface area contributed by atoms with Gasteiger partial charge in [-0.05, 0) is 36.2 Å². The second-order valence-corrected chi connectivity index (χ2v) is 7.10. The maximum absolute atomic E-state index is 12.7. The number of carbonyl (C=O) groups excluding carboxylic acids is 1. The van der Waals surface area contributed by atoms with Gasteiger partial charge in [0.15, 0.2) is 5.16 Å². The first-order valence-electron chi connectivity index (χ1n) is 6.76. The Morgan fingerprint density at radius 2 is 1.95 bits per heavy atom. The highest BCUT2D eigenvalue weighted by atomic mass is 35.5. The standard InChI is InChI=1S/C16H10Cl2N2OS/c17-10-6-5-9(7-11(10)18)8-14-15(21)20-13-4-2-1-3-12(13)19-16(20)22-14/h1-7,14H,8H2. The van der Waals surface area contributed by atoms with E-state index < -0.39 is 0 Å². The van der Waals surface area contributed by atoms with E-state index in [1.165, 1.54) is 11.8 Å². The van der Waals surface area contributed by atoms with Crippen LogP contribution in [-0.4, -0.2) is 20.7 Å². The Bertz CT molecular complexity index is 906.